The minimum Gasteiger partial charge on any atom is -0.384 e. The van der Waals surface area contributed by atoms with E-state index in [-0.39, 0.29) is 6.04 Å². The van der Waals surface area contributed by atoms with Crippen molar-refractivity contribution in [3.05, 3.63) is 82.5 Å². The Morgan fingerprint density at radius 1 is 0.938 bits per heavy atom. The number of nitrogens with two attached hydrogens (primary N) is 2. The van der Waals surface area contributed by atoms with E-state index < -0.39 is 11.7 Å². The molecule has 0 amide bonds. The number of hydrogen-bond donors (Lipinski definition) is 3. The summed E-state index contributed by atoms with van der Waals surface area (Å²) >= 11 is 1.55. The van der Waals surface area contributed by atoms with Crippen molar-refractivity contribution >= 4 is 33.1 Å². The van der Waals surface area contributed by atoms with Crippen LogP contribution in [0.25, 0.3) is 10.8 Å². The van der Waals surface area contributed by atoms with Crippen LogP contribution in [0.4, 0.5) is 24.1 Å². The van der Waals surface area contributed by atoms with Crippen molar-refractivity contribution in [1.82, 2.24) is 9.97 Å². The quantitative estimate of drug-likeness (QED) is 0.369. The Morgan fingerprint density at radius 2 is 1.69 bits per heavy atom. The summed E-state index contributed by atoms with van der Waals surface area (Å²) in [5, 5.41) is 6.07. The number of fused-ring (bicyclic) bond motifs is 1. The summed E-state index contributed by atoms with van der Waals surface area (Å²) < 4.78 is 38.0. The highest BCUT2D eigenvalue weighted by molar-refractivity contribution is 7.15. The maximum atomic E-state index is 12.7. The smallest absolute Gasteiger partial charge is 0.384 e. The molecular formula is C23H22F3N5S. The number of pyridine rings is 1. The van der Waals surface area contributed by atoms with Crippen LogP contribution in [0.5, 0.6) is 0 Å². The Morgan fingerprint density at radius 3 is 2.44 bits per heavy atom. The van der Waals surface area contributed by atoms with Gasteiger partial charge in [0.15, 0.2) is 5.13 Å². The van der Waals surface area contributed by atoms with Crippen molar-refractivity contribution < 1.29 is 13.2 Å². The highest BCUT2D eigenvalue weighted by Crippen LogP contribution is 2.29. The fourth-order valence-electron chi connectivity index (χ4n) is 3.41. The molecule has 4 rings (SSSR count). The van der Waals surface area contributed by atoms with Gasteiger partial charge in [0.2, 0.25) is 0 Å². The molecule has 0 saturated heterocycles. The summed E-state index contributed by atoms with van der Waals surface area (Å²) in [6.45, 7) is 0.468. The summed E-state index contributed by atoms with van der Waals surface area (Å²) in [6.07, 6.45) is 0.478. The molecule has 0 radical (unpaired) electrons. The second-order valence-corrected chi connectivity index (χ2v) is 8.75. The molecule has 2 aromatic carbocycles. The van der Waals surface area contributed by atoms with Crippen LogP contribution in [0.3, 0.4) is 0 Å². The van der Waals surface area contributed by atoms with Gasteiger partial charge in [-0.15, -0.1) is 11.3 Å². The lowest BCUT2D eigenvalue weighted by molar-refractivity contribution is -0.137. The first-order valence-electron chi connectivity index (χ1n) is 10.0. The Bertz CT molecular complexity index is 1200. The molecular weight excluding hydrogens is 435 g/mol. The summed E-state index contributed by atoms with van der Waals surface area (Å²) in [5.74, 6) is 0.492. The molecule has 0 aliphatic heterocycles. The van der Waals surface area contributed by atoms with Gasteiger partial charge in [0, 0.05) is 41.7 Å². The van der Waals surface area contributed by atoms with Gasteiger partial charge >= 0.3 is 6.18 Å². The Labute approximate surface area is 187 Å². The topological polar surface area (TPSA) is 89.8 Å². The molecule has 0 spiro atoms. The Kier molecular flexibility index (Phi) is 6.29. The van der Waals surface area contributed by atoms with Crippen LogP contribution < -0.4 is 16.8 Å². The monoisotopic (exact) mass is 457 g/mol. The molecule has 2 heterocycles. The van der Waals surface area contributed by atoms with E-state index in [0.29, 0.717) is 18.8 Å². The maximum absolute atomic E-state index is 12.7. The highest BCUT2D eigenvalue weighted by atomic mass is 32.1. The fourth-order valence-corrected chi connectivity index (χ4v) is 4.27. The van der Waals surface area contributed by atoms with E-state index in [1.165, 1.54) is 12.1 Å². The summed E-state index contributed by atoms with van der Waals surface area (Å²) in [7, 11) is 0. The number of hydrogen-bond acceptors (Lipinski definition) is 6. The molecule has 0 fully saturated rings. The van der Waals surface area contributed by atoms with Crippen molar-refractivity contribution in [3.63, 3.8) is 0 Å². The molecule has 5 nitrogen and oxygen atoms in total. The normalized spacial score (nSPS) is 12.8. The predicted octanol–water partition coefficient (Wildman–Crippen LogP) is 4.87. The number of aromatic nitrogens is 2. The number of nitrogens with zero attached hydrogens (tertiary/aromatic N) is 2. The second kappa shape index (κ2) is 9.13. The Hall–Kier alpha value is -3.17. The van der Waals surface area contributed by atoms with Crippen molar-refractivity contribution in [3.8, 4) is 0 Å². The van der Waals surface area contributed by atoms with E-state index in [0.717, 1.165) is 50.5 Å². The standard InChI is InChI=1S/C23H22F3N5S/c24-23(25,26)18-5-2-14(3-6-18)8-19(27)12-30-22-31-13-20(32-22)9-15-1-4-16-11-29-21(28)10-17(16)7-15/h1-7,10-11,13,19H,8-9,12,27H2,(H2,28,29)(H,30,31). The van der Waals surface area contributed by atoms with Crippen LogP contribution in [0, 0.1) is 0 Å². The third-order valence-corrected chi connectivity index (χ3v) is 5.99. The molecule has 166 valence electrons. The Balaban J connectivity index is 1.31. The summed E-state index contributed by atoms with van der Waals surface area (Å²) in [6, 6.07) is 12.9. The van der Waals surface area contributed by atoms with E-state index in [9.17, 15) is 13.2 Å². The van der Waals surface area contributed by atoms with Crippen LogP contribution in [0.1, 0.15) is 21.6 Å². The van der Waals surface area contributed by atoms with Crippen LogP contribution >= 0.6 is 11.3 Å². The third kappa shape index (κ3) is 5.54. The maximum Gasteiger partial charge on any atom is 0.416 e. The average Bonchev–Trinajstić information content (AvgIpc) is 3.19. The number of nitrogen functional groups attached to an aromatic ring is 1. The molecule has 1 unspecified atom stereocenters. The third-order valence-electron chi connectivity index (χ3n) is 5.03. The zero-order valence-electron chi connectivity index (χ0n) is 17.1. The minimum atomic E-state index is -4.33. The van der Waals surface area contributed by atoms with Crippen molar-refractivity contribution in [1.29, 1.82) is 0 Å². The van der Waals surface area contributed by atoms with Crippen LogP contribution in [0.15, 0.2) is 60.9 Å². The molecule has 0 saturated carbocycles. The zero-order valence-corrected chi connectivity index (χ0v) is 17.9. The van der Waals surface area contributed by atoms with Gasteiger partial charge < -0.3 is 16.8 Å². The molecule has 9 heteroatoms. The van der Waals surface area contributed by atoms with E-state index >= 15 is 0 Å². The van der Waals surface area contributed by atoms with Gasteiger partial charge in [-0.2, -0.15) is 13.2 Å². The fraction of sp³-hybridized carbons (Fsp3) is 0.217. The molecule has 5 N–H and O–H groups in total. The lowest BCUT2D eigenvalue weighted by atomic mass is 10.0. The van der Waals surface area contributed by atoms with Crippen molar-refractivity contribution in [2.24, 2.45) is 5.73 Å². The van der Waals surface area contributed by atoms with E-state index in [1.807, 2.05) is 18.3 Å². The lowest BCUT2D eigenvalue weighted by Gasteiger charge is -2.13. The molecule has 4 aromatic rings. The van der Waals surface area contributed by atoms with Gasteiger partial charge in [-0.3, -0.25) is 0 Å². The summed E-state index contributed by atoms with van der Waals surface area (Å²) in [5.41, 5.74) is 13.2. The average molecular weight is 458 g/mol. The van der Waals surface area contributed by atoms with Gasteiger partial charge in [-0.25, -0.2) is 9.97 Å². The van der Waals surface area contributed by atoms with Crippen molar-refractivity contribution in [2.45, 2.75) is 25.1 Å². The van der Waals surface area contributed by atoms with Gasteiger partial charge in [0.1, 0.15) is 5.82 Å². The first-order chi connectivity index (χ1) is 15.3. The molecule has 0 aliphatic rings. The number of rotatable bonds is 7. The van der Waals surface area contributed by atoms with Gasteiger partial charge in [-0.05, 0) is 41.1 Å². The number of halogens is 3. The minimum absolute atomic E-state index is 0.251. The van der Waals surface area contributed by atoms with E-state index in [2.05, 4.69) is 27.4 Å². The van der Waals surface area contributed by atoms with Gasteiger partial charge in [0.25, 0.3) is 0 Å². The van der Waals surface area contributed by atoms with Gasteiger partial charge in [-0.1, -0.05) is 30.3 Å². The van der Waals surface area contributed by atoms with E-state index in [4.69, 9.17) is 11.5 Å². The first kappa shape index (κ1) is 22.0. The van der Waals surface area contributed by atoms with Crippen LogP contribution in [-0.2, 0) is 19.0 Å². The number of anilines is 2. The van der Waals surface area contributed by atoms with Gasteiger partial charge in [0.05, 0.1) is 5.56 Å². The number of thiazole rings is 1. The lowest BCUT2D eigenvalue weighted by Crippen LogP contribution is -2.31. The largest absolute Gasteiger partial charge is 0.416 e. The first-order valence-corrected chi connectivity index (χ1v) is 10.8. The summed E-state index contributed by atoms with van der Waals surface area (Å²) in [4.78, 5) is 9.61. The molecule has 32 heavy (non-hydrogen) atoms. The predicted molar refractivity (Wildman–Crippen MR) is 123 cm³/mol. The molecule has 2 aromatic heterocycles. The van der Waals surface area contributed by atoms with Crippen molar-refractivity contribution in [2.75, 3.05) is 17.6 Å². The second-order valence-electron chi connectivity index (χ2n) is 7.64. The van der Waals surface area contributed by atoms with E-state index in [1.54, 1.807) is 17.5 Å². The molecule has 0 aliphatic carbocycles. The number of benzene rings is 2. The SMILES string of the molecule is Nc1cc2cc(Cc3cnc(NCC(N)Cc4ccc(C(F)(F)F)cc4)s3)ccc2cn1. The molecule has 1 atom stereocenters. The number of alkyl halides is 3. The number of nitrogens with one attached hydrogen (secondary N) is 1. The van der Waals surface area contributed by atoms with Crippen LogP contribution in [-0.4, -0.2) is 22.6 Å². The zero-order chi connectivity index (χ0) is 22.7. The molecule has 0 bridgehead atoms. The highest BCUT2D eigenvalue weighted by Gasteiger charge is 2.29. The van der Waals surface area contributed by atoms with Crippen LogP contribution in [0.2, 0.25) is 0 Å².